The van der Waals surface area contributed by atoms with E-state index >= 15 is 0 Å². The summed E-state index contributed by atoms with van der Waals surface area (Å²) in [7, 11) is 0. The second-order valence-corrected chi connectivity index (χ2v) is 4.60. The Bertz CT molecular complexity index is 255. The number of carbonyl (C=O) groups excluding carboxylic acids is 1. The van der Waals surface area contributed by atoms with Gasteiger partial charge in [0.25, 0.3) is 0 Å². The van der Waals surface area contributed by atoms with E-state index in [1.54, 1.807) is 0 Å². The summed E-state index contributed by atoms with van der Waals surface area (Å²) in [5.74, 6) is 0. The van der Waals surface area contributed by atoms with Crippen LogP contribution in [0.4, 0.5) is 0 Å². The molecular formula is C9H11OS. The quantitative estimate of drug-likeness (QED) is 0.628. The van der Waals surface area contributed by atoms with Crippen LogP contribution >= 0.6 is 11.3 Å². The van der Waals surface area contributed by atoms with Gasteiger partial charge in [0.15, 0.2) is 0 Å². The molecule has 0 fully saturated rings. The molecule has 0 aromatic carbocycles. The van der Waals surface area contributed by atoms with Crippen molar-refractivity contribution in [1.29, 1.82) is 0 Å². The SMILES string of the molecule is CC(C)(C)c1ccc([C]=O)s1. The van der Waals surface area contributed by atoms with Gasteiger partial charge in [-0.15, -0.1) is 11.3 Å². The van der Waals surface area contributed by atoms with Gasteiger partial charge in [0.2, 0.25) is 6.29 Å². The molecule has 0 spiro atoms. The van der Waals surface area contributed by atoms with Crippen molar-refractivity contribution in [2.75, 3.05) is 0 Å². The van der Waals surface area contributed by atoms with Crippen LogP contribution in [0.2, 0.25) is 0 Å². The van der Waals surface area contributed by atoms with Gasteiger partial charge in [-0.05, 0) is 17.5 Å². The lowest BCUT2D eigenvalue weighted by Crippen LogP contribution is -2.07. The molecule has 0 bridgehead atoms. The fourth-order valence-corrected chi connectivity index (χ4v) is 1.65. The van der Waals surface area contributed by atoms with Crippen LogP contribution in [0, 0.1) is 0 Å². The van der Waals surface area contributed by atoms with Crippen molar-refractivity contribution in [2.24, 2.45) is 0 Å². The highest BCUT2D eigenvalue weighted by Gasteiger charge is 2.15. The maximum absolute atomic E-state index is 10.2. The lowest BCUT2D eigenvalue weighted by molar-refractivity contribution is 0.563. The minimum Gasteiger partial charge on any atom is -0.284 e. The van der Waals surface area contributed by atoms with Crippen molar-refractivity contribution < 1.29 is 4.79 Å². The zero-order valence-corrected chi connectivity index (χ0v) is 7.79. The Labute approximate surface area is 71.1 Å². The first-order valence-corrected chi connectivity index (χ1v) is 4.34. The van der Waals surface area contributed by atoms with Gasteiger partial charge in [0, 0.05) is 4.88 Å². The number of hydrogen-bond donors (Lipinski definition) is 0. The van der Waals surface area contributed by atoms with Crippen molar-refractivity contribution >= 4 is 17.6 Å². The maximum Gasteiger partial charge on any atom is 0.244 e. The molecule has 0 aliphatic heterocycles. The molecule has 0 aliphatic carbocycles. The Hall–Kier alpha value is -0.630. The first kappa shape index (κ1) is 8.47. The monoisotopic (exact) mass is 167 g/mol. The standard InChI is InChI=1S/C9H11OS/c1-9(2,3)8-5-4-7(6-10)11-8/h4-5H,1-3H3. The largest absolute Gasteiger partial charge is 0.284 e. The molecule has 1 nitrogen and oxygen atoms in total. The van der Waals surface area contributed by atoms with Gasteiger partial charge in [0.05, 0.1) is 4.88 Å². The van der Waals surface area contributed by atoms with Gasteiger partial charge in [-0.1, -0.05) is 20.8 Å². The second kappa shape index (κ2) is 2.78. The van der Waals surface area contributed by atoms with Crippen LogP contribution in [0.3, 0.4) is 0 Å². The topological polar surface area (TPSA) is 17.1 Å². The van der Waals surface area contributed by atoms with E-state index in [4.69, 9.17) is 0 Å². The third-order valence-corrected chi connectivity index (χ3v) is 2.85. The Morgan fingerprint density at radius 1 is 1.36 bits per heavy atom. The van der Waals surface area contributed by atoms with E-state index in [1.165, 1.54) is 16.2 Å². The molecule has 1 radical (unpaired) electrons. The average Bonchev–Trinajstić information content (AvgIpc) is 2.32. The molecule has 0 N–H and O–H groups in total. The summed E-state index contributed by atoms with van der Waals surface area (Å²) < 4.78 is 0. The first-order valence-electron chi connectivity index (χ1n) is 3.52. The molecular weight excluding hydrogens is 156 g/mol. The number of hydrogen-bond acceptors (Lipinski definition) is 2. The summed E-state index contributed by atoms with van der Waals surface area (Å²) in [5.41, 5.74) is 0.153. The lowest BCUT2D eigenvalue weighted by atomic mass is 9.95. The predicted molar refractivity (Wildman–Crippen MR) is 47.8 cm³/mol. The molecule has 11 heavy (non-hydrogen) atoms. The fraction of sp³-hybridized carbons (Fsp3) is 0.444. The van der Waals surface area contributed by atoms with Crippen LogP contribution in [0.1, 0.15) is 30.5 Å². The molecule has 1 aromatic heterocycles. The van der Waals surface area contributed by atoms with E-state index in [0.29, 0.717) is 4.88 Å². The summed E-state index contributed by atoms with van der Waals surface area (Å²) in [6, 6.07) is 3.81. The molecule has 0 aliphatic rings. The van der Waals surface area contributed by atoms with E-state index in [0.717, 1.165) is 0 Å². The van der Waals surface area contributed by atoms with E-state index in [-0.39, 0.29) is 5.41 Å². The molecule has 1 rings (SSSR count). The molecule has 0 saturated carbocycles. The van der Waals surface area contributed by atoms with E-state index in [9.17, 15) is 4.79 Å². The third-order valence-electron chi connectivity index (χ3n) is 1.45. The summed E-state index contributed by atoms with van der Waals surface area (Å²) in [6.07, 6.45) is 1.89. The van der Waals surface area contributed by atoms with Crippen molar-refractivity contribution in [3.8, 4) is 0 Å². The highest BCUT2D eigenvalue weighted by molar-refractivity contribution is 7.13. The predicted octanol–water partition coefficient (Wildman–Crippen LogP) is 2.50. The second-order valence-electron chi connectivity index (χ2n) is 3.52. The highest BCUT2D eigenvalue weighted by Crippen LogP contribution is 2.28. The minimum atomic E-state index is 0.153. The Morgan fingerprint density at radius 3 is 2.27 bits per heavy atom. The van der Waals surface area contributed by atoms with Gasteiger partial charge >= 0.3 is 0 Å². The van der Waals surface area contributed by atoms with Crippen LogP contribution in [0.5, 0.6) is 0 Å². The normalized spacial score (nSPS) is 11.5. The Kier molecular flexibility index (Phi) is 2.14. The van der Waals surface area contributed by atoms with Gasteiger partial charge in [-0.2, -0.15) is 0 Å². The van der Waals surface area contributed by atoms with Gasteiger partial charge < -0.3 is 0 Å². The van der Waals surface area contributed by atoms with Crippen LogP contribution in [0.15, 0.2) is 12.1 Å². The number of rotatable bonds is 1. The molecule has 0 saturated heterocycles. The summed E-state index contributed by atoms with van der Waals surface area (Å²) in [6.45, 7) is 6.40. The van der Waals surface area contributed by atoms with Crippen molar-refractivity contribution in [2.45, 2.75) is 26.2 Å². The lowest BCUT2D eigenvalue weighted by Gasteiger charge is -2.14. The summed E-state index contributed by atoms with van der Waals surface area (Å²) >= 11 is 1.52. The minimum absolute atomic E-state index is 0.153. The van der Waals surface area contributed by atoms with Crippen LogP contribution in [0.25, 0.3) is 0 Å². The van der Waals surface area contributed by atoms with Gasteiger partial charge in [0.1, 0.15) is 0 Å². The Balaban J connectivity index is 2.98. The van der Waals surface area contributed by atoms with E-state index in [1.807, 2.05) is 18.4 Å². The van der Waals surface area contributed by atoms with Gasteiger partial charge in [-0.25, -0.2) is 0 Å². The van der Waals surface area contributed by atoms with Crippen LogP contribution in [-0.4, -0.2) is 6.29 Å². The van der Waals surface area contributed by atoms with Crippen molar-refractivity contribution in [3.63, 3.8) is 0 Å². The Morgan fingerprint density at radius 2 is 2.00 bits per heavy atom. The average molecular weight is 167 g/mol. The van der Waals surface area contributed by atoms with Crippen molar-refractivity contribution in [1.82, 2.24) is 0 Å². The summed E-state index contributed by atoms with van der Waals surface area (Å²) in [4.78, 5) is 12.2. The molecule has 2 heteroatoms. The molecule has 0 unspecified atom stereocenters. The number of thiophene rings is 1. The van der Waals surface area contributed by atoms with E-state index < -0.39 is 0 Å². The maximum atomic E-state index is 10.2. The van der Waals surface area contributed by atoms with Gasteiger partial charge in [-0.3, -0.25) is 4.79 Å². The molecule has 1 heterocycles. The van der Waals surface area contributed by atoms with Crippen LogP contribution in [-0.2, 0) is 10.2 Å². The van der Waals surface area contributed by atoms with Crippen molar-refractivity contribution in [3.05, 3.63) is 21.9 Å². The third kappa shape index (κ3) is 1.90. The van der Waals surface area contributed by atoms with Crippen LogP contribution < -0.4 is 0 Å². The first-order chi connectivity index (χ1) is 5.04. The smallest absolute Gasteiger partial charge is 0.244 e. The molecule has 0 amide bonds. The molecule has 1 aromatic rings. The highest BCUT2D eigenvalue weighted by atomic mass is 32.1. The zero-order valence-electron chi connectivity index (χ0n) is 6.97. The fourth-order valence-electron chi connectivity index (χ4n) is 0.796. The molecule has 0 atom stereocenters. The van der Waals surface area contributed by atoms with E-state index in [2.05, 4.69) is 20.8 Å². The summed E-state index contributed by atoms with van der Waals surface area (Å²) in [5, 5.41) is 0. The zero-order chi connectivity index (χ0) is 8.48. The molecule has 59 valence electrons.